The zero-order chi connectivity index (χ0) is 9.68. The first-order valence-electron chi connectivity index (χ1n) is 4.88. The summed E-state index contributed by atoms with van der Waals surface area (Å²) in [7, 11) is 0. The van der Waals surface area contributed by atoms with Gasteiger partial charge in [-0.15, -0.1) is 5.01 Å². The van der Waals surface area contributed by atoms with E-state index in [-0.39, 0.29) is 6.04 Å². The van der Waals surface area contributed by atoms with E-state index < -0.39 is 0 Å². The third-order valence-electron chi connectivity index (χ3n) is 2.62. The second kappa shape index (κ2) is 4.89. The van der Waals surface area contributed by atoms with Crippen LogP contribution in [0.4, 0.5) is 0 Å². The maximum absolute atomic E-state index is 11.1. The molecule has 0 bridgehead atoms. The van der Waals surface area contributed by atoms with E-state index in [1.54, 1.807) is 5.01 Å². The van der Waals surface area contributed by atoms with E-state index in [0.717, 1.165) is 12.8 Å². The highest BCUT2D eigenvalue weighted by Gasteiger charge is 2.25. The smallest absolute Gasteiger partial charge is 0.230 e. The van der Waals surface area contributed by atoms with E-state index in [1.807, 2.05) is 6.92 Å². The molecule has 0 atom stereocenters. The fraction of sp³-hybridized carbons (Fsp3) is 1.00. The summed E-state index contributed by atoms with van der Waals surface area (Å²) in [5, 5.41) is 23.6. The van der Waals surface area contributed by atoms with Crippen LogP contribution in [-0.4, -0.2) is 27.8 Å². The SMILES string of the molecule is CCN(C1CCCCC1)[N+]([O-])=NO. The zero-order valence-electron chi connectivity index (χ0n) is 8.02. The minimum atomic E-state index is 0.257. The first-order valence-corrected chi connectivity index (χ1v) is 4.88. The molecule has 76 valence electrons. The lowest BCUT2D eigenvalue weighted by atomic mass is 9.95. The van der Waals surface area contributed by atoms with Crippen molar-refractivity contribution in [3.8, 4) is 0 Å². The van der Waals surface area contributed by atoms with Gasteiger partial charge in [0.1, 0.15) is 0 Å². The number of rotatable bonds is 3. The highest BCUT2D eigenvalue weighted by atomic mass is 16.6. The number of hydrogen-bond donors (Lipinski definition) is 1. The van der Waals surface area contributed by atoms with E-state index in [1.165, 1.54) is 19.3 Å². The Labute approximate surface area is 78.2 Å². The van der Waals surface area contributed by atoms with Crippen LogP contribution in [0.5, 0.6) is 0 Å². The van der Waals surface area contributed by atoms with Crippen LogP contribution < -0.4 is 0 Å². The first-order chi connectivity index (χ1) is 6.29. The lowest BCUT2D eigenvalue weighted by Crippen LogP contribution is -2.41. The molecule has 0 spiro atoms. The molecule has 0 aromatic carbocycles. The molecular formula is C8H17N3O2. The molecule has 0 heterocycles. The van der Waals surface area contributed by atoms with Gasteiger partial charge in [0.25, 0.3) is 0 Å². The normalized spacial score (nSPS) is 20.2. The third-order valence-corrected chi connectivity index (χ3v) is 2.62. The Bertz CT molecular complexity index is 178. The monoisotopic (exact) mass is 187 g/mol. The van der Waals surface area contributed by atoms with Crippen LogP contribution in [0.15, 0.2) is 5.28 Å². The van der Waals surface area contributed by atoms with Crippen molar-refractivity contribution in [2.75, 3.05) is 6.54 Å². The van der Waals surface area contributed by atoms with Crippen LogP contribution in [-0.2, 0) is 0 Å². The lowest BCUT2D eigenvalue weighted by Gasteiger charge is -2.28. The molecule has 13 heavy (non-hydrogen) atoms. The molecule has 1 aliphatic carbocycles. The number of nitrogens with zero attached hydrogens (tertiary/aromatic N) is 3. The summed E-state index contributed by atoms with van der Waals surface area (Å²) < 4.78 is 0. The van der Waals surface area contributed by atoms with Crippen molar-refractivity contribution in [2.45, 2.75) is 45.1 Å². The van der Waals surface area contributed by atoms with Gasteiger partial charge < -0.3 is 10.4 Å². The maximum Gasteiger partial charge on any atom is 0.230 e. The van der Waals surface area contributed by atoms with Crippen molar-refractivity contribution in [3.63, 3.8) is 0 Å². The first kappa shape index (κ1) is 10.1. The Morgan fingerprint density at radius 1 is 1.46 bits per heavy atom. The molecule has 0 amide bonds. The highest BCUT2D eigenvalue weighted by molar-refractivity contribution is 4.70. The standard InChI is InChI=1S/C8H17N3O2/c1-2-10(11(13)9-12)8-6-4-3-5-7-8/h8,12H,2-7H2,1H3. The largest absolute Gasteiger partial charge is 0.569 e. The topological polar surface area (TPSA) is 61.9 Å². The van der Waals surface area contributed by atoms with Gasteiger partial charge in [-0.2, -0.15) is 0 Å². The Morgan fingerprint density at radius 2 is 2.08 bits per heavy atom. The van der Waals surface area contributed by atoms with Crippen LogP contribution >= 0.6 is 0 Å². The molecule has 5 nitrogen and oxygen atoms in total. The lowest BCUT2D eigenvalue weighted by molar-refractivity contribution is -0.717. The molecular weight excluding hydrogens is 170 g/mol. The van der Waals surface area contributed by atoms with Crippen LogP contribution in [0.1, 0.15) is 39.0 Å². The molecule has 0 unspecified atom stereocenters. The second-order valence-electron chi connectivity index (χ2n) is 3.39. The average molecular weight is 187 g/mol. The van der Waals surface area contributed by atoms with E-state index >= 15 is 0 Å². The molecule has 0 aliphatic heterocycles. The Morgan fingerprint density at radius 3 is 2.54 bits per heavy atom. The molecule has 0 saturated heterocycles. The van der Waals surface area contributed by atoms with Gasteiger partial charge >= 0.3 is 0 Å². The predicted molar refractivity (Wildman–Crippen MR) is 47.1 cm³/mol. The van der Waals surface area contributed by atoms with Crippen LogP contribution in [0.3, 0.4) is 0 Å². The molecule has 0 aromatic rings. The Balaban J connectivity index is 2.53. The van der Waals surface area contributed by atoms with Gasteiger partial charge in [0.05, 0.1) is 17.6 Å². The Hall–Kier alpha value is -1.00. The van der Waals surface area contributed by atoms with Crippen molar-refractivity contribution < 1.29 is 10.2 Å². The fourth-order valence-electron chi connectivity index (χ4n) is 1.95. The van der Waals surface area contributed by atoms with E-state index in [4.69, 9.17) is 5.21 Å². The summed E-state index contributed by atoms with van der Waals surface area (Å²) in [6.07, 6.45) is 5.65. The minimum Gasteiger partial charge on any atom is -0.569 e. The van der Waals surface area contributed by atoms with Gasteiger partial charge in [0.15, 0.2) is 0 Å². The van der Waals surface area contributed by atoms with Crippen LogP contribution in [0.25, 0.3) is 0 Å². The number of hydrazine groups is 1. The van der Waals surface area contributed by atoms with E-state index in [0.29, 0.717) is 11.5 Å². The predicted octanol–water partition coefficient (Wildman–Crippen LogP) is 1.91. The molecule has 1 fully saturated rings. The van der Waals surface area contributed by atoms with Gasteiger partial charge in [0.2, 0.25) is 5.28 Å². The van der Waals surface area contributed by atoms with Gasteiger partial charge in [0, 0.05) is 0 Å². The van der Waals surface area contributed by atoms with E-state index in [2.05, 4.69) is 5.28 Å². The molecule has 0 radical (unpaired) electrons. The molecule has 1 saturated carbocycles. The maximum atomic E-state index is 11.1. The summed E-state index contributed by atoms with van der Waals surface area (Å²) in [6.45, 7) is 2.49. The van der Waals surface area contributed by atoms with Gasteiger partial charge in [-0.05, 0) is 19.8 Å². The summed E-state index contributed by atoms with van der Waals surface area (Å²) in [6, 6.07) is 0.257. The summed E-state index contributed by atoms with van der Waals surface area (Å²) in [4.78, 5) is 0.302. The van der Waals surface area contributed by atoms with Crippen LogP contribution in [0, 0.1) is 5.21 Å². The highest BCUT2D eigenvalue weighted by Crippen LogP contribution is 2.22. The van der Waals surface area contributed by atoms with Crippen molar-refractivity contribution in [1.29, 1.82) is 0 Å². The molecule has 1 rings (SSSR count). The van der Waals surface area contributed by atoms with Gasteiger partial charge in [-0.3, -0.25) is 0 Å². The summed E-state index contributed by atoms with van der Waals surface area (Å²) in [5.74, 6) is 0. The van der Waals surface area contributed by atoms with Crippen molar-refractivity contribution >= 4 is 0 Å². The molecule has 5 heteroatoms. The summed E-state index contributed by atoms with van der Waals surface area (Å²) in [5.41, 5.74) is 0. The summed E-state index contributed by atoms with van der Waals surface area (Å²) >= 11 is 0. The van der Waals surface area contributed by atoms with Gasteiger partial charge in [-0.1, -0.05) is 19.3 Å². The van der Waals surface area contributed by atoms with Crippen molar-refractivity contribution in [2.24, 2.45) is 5.28 Å². The number of hydrogen-bond acceptors (Lipinski definition) is 2. The van der Waals surface area contributed by atoms with Crippen molar-refractivity contribution in [3.05, 3.63) is 5.21 Å². The molecule has 1 N–H and O–H groups in total. The van der Waals surface area contributed by atoms with E-state index in [9.17, 15) is 5.21 Å². The zero-order valence-corrected chi connectivity index (χ0v) is 8.02. The second-order valence-corrected chi connectivity index (χ2v) is 3.39. The quantitative estimate of drug-likeness (QED) is 0.417. The van der Waals surface area contributed by atoms with Gasteiger partial charge in [-0.25, -0.2) is 0 Å². The molecule has 0 aromatic heterocycles. The third kappa shape index (κ3) is 2.47. The van der Waals surface area contributed by atoms with Crippen molar-refractivity contribution in [1.82, 2.24) is 5.01 Å². The molecule has 1 aliphatic rings. The van der Waals surface area contributed by atoms with Crippen LogP contribution in [0.2, 0.25) is 0 Å². The fourth-order valence-corrected chi connectivity index (χ4v) is 1.95. The minimum absolute atomic E-state index is 0.257. The average Bonchev–Trinajstić information content (AvgIpc) is 2.20. The Kier molecular flexibility index (Phi) is 3.79.